The number of anilines is 1. The van der Waals surface area contributed by atoms with Gasteiger partial charge in [-0.1, -0.05) is 0 Å². The summed E-state index contributed by atoms with van der Waals surface area (Å²) in [7, 11) is 0. The Balaban J connectivity index is 1.70. The number of morpholine rings is 1. The third-order valence-electron chi connectivity index (χ3n) is 3.98. The number of aliphatic carboxylic acids is 1. The Morgan fingerprint density at radius 2 is 1.88 bits per heavy atom. The van der Waals surface area contributed by atoms with Gasteiger partial charge < -0.3 is 25.6 Å². The van der Waals surface area contributed by atoms with Crippen LogP contribution in [0.5, 0.6) is 5.75 Å². The molecular weight excluding hydrogens is 326 g/mol. The topological polar surface area (TPSA) is 111 Å². The summed E-state index contributed by atoms with van der Waals surface area (Å²) in [5.41, 5.74) is 0.513. The number of carboxylic acid groups (broad SMARTS) is 1. The van der Waals surface area contributed by atoms with E-state index in [1.807, 2.05) is 0 Å². The van der Waals surface area contributed by atoms with Crippen molar-refractivity contribution in [2.24, 2.45) is 0 Å². The van der Waals surface area contributed by atoms with E-state index in [0.29, 0.717) is 12.2 Å². The minimum absolute atomic E-state index is 0.100. The monoisotopic (exact) mass is 351 g/mol. The number of ether oxygens (including phenoxy) is 1. The average Bonchev–Trinajstić information content (AvgIpc) is 2.60. The first kappa shape index (κ1) is 19.2. The Morgan fingerprint density at radius 3 is 2.52 bits per heavy atom. The summed E-state index contributed by atoms with van der Waals surface area (Å²) < 4.78 is 5.28. The van der Waals surface area contributed by atoms with Gasteiger partial charge >= 0.3 is 5.97 Å². The van der Waals surface area contributed by atoms with Crippen LogP contribution in [0.3, 0.4) is 0 Å². The molecule has 1 fully saturated rings. The van der Waals surface area contributed by atoms with Gasteiger partial charge in [-0.15, -0.1) is 0 Å². The SMILES string of the molecule is O=C(C[C@@H](NCCCN1CCOCC1)C(=O)O)Nc1ccc(O)cc1. The number of aromatic hydroxyl groups is 1. The number of amides is 1. The summed E-state index contributed by atoms with van der Waals surface area (Å²) in [4.78, 5) is 25.6. The van der Waals surface area contributed by atoms with E-state index >= 15 is 0 Å². The molecule has 1 saturated heterocycles. The fourth-order valence-corrected chi connectivity index (χ4v) is 2.59. The van der Waals surface area contributed by atoms with Gasteiger partial charge in [-0.2, -0.15) is 0 Å². The van der Waals surface area contributed by atoms with E-state index in [9.17, 15) is 19.8 Å². The fourth-order valence-electron chi connectivity index (χ4n) is 2.59. The third kappa shape index (κ3) is 7.08. The Bertz CT molecular complexity index is 558. The fraction of sp³-hybridized carbons (Fsp3) is 0.529. The van der Waals surface area contributed by atoms with Crippen molar-refractivity contribution in [2.45, 2.75) is 18.9 Å². The molecule has 8 heteroatoms. The smallest absolute Gasteiger partial charge is 0.321 e. The number of phenolic OH excluding ortho intramolecular Hbond substituents is 1. The van der Waals surface area contributed by atoms with E-state index < -0.39 is 17.9 Å². The first-order valence-electron chi connectivity index (χ1n) is 8.40. The van der Waals surface area contributed by atoms with Crippen LogP contribution < -0.4 is 10.6 Å². The van der Waals surface area contributed by atoms with Crippen LogP contribution in [0.15, 0.2) is 24.3 Å². The first-order chi connectivity index (χ1) is 12.0. The Morgan fingerprint density at radius 1 is 1.20 bits per heavy atom. The maximum absolute atomic E-state index is 12.0. The van der Waals surface area contributed by atoms with Gasteiger partial charge in [-0.3, -0.25) is 14.5 Å². The van der Waals surface area contributed by atoms with Crippen LogP contribution in [0.25, 0.3) is 0 Å². The molecule has 0 aliphatic carbocycles. The first-order valence-corrected chi connectivity index (χ1v) is 8.40. The minimum Gasteiger partial charge on any atom is -0.508 e. The molecule has 25 heavy (non-hydrogen) atoms. The van der Waals surface area contributed by atoms with Crippen molar-refractivity contribution in [1.82, 2.24) is 10.2 Å². The number of nitrogens with one attached hydrogen (secondary N) is 2. The Hall–Kier alpha value is -2.16. The molecule has 0 radical (unpaired) electrons. The lowest BCUT2D eigenvalue weighted by Gasteiger charge is -2.26. The number of hydrogen-bond donors (Lipinski definition) is 4. The molecule has 0 bridgehead atoms. The van der Waals surface area contributed by atoms with Gasteiger partial charge in [0.15, 0.2) is 0 Å². The molecule has 1 amide bonds. The molecule has 0 spiro atoms. The molecule has 2 rings (SSSR count). The highest BCUT2D eigenvalue weighted by Gasteiger charge is 2.20. The Labute approximate surface area is 146 Å². The standard InChI is InChI=1S/C17H25N3O5/c21-14-4-2-13(3-5-14)19-16(22)12-15(17(23)24)18-6-1-7-20-8-10-25-11-9-20/h2-5,15,18,21H,1,6-12H2,(H,19,22)(H,23,24)/t15-/m1/s1. The number of phenols is 1. The molecule has 0 aromatic heterocycles. The van der Waals surface area contributed by atoms with E-state index in [-0.39, 0.29) is 12.2 Å². The number of carbonyl (C=O) groups excluding carboxylic acids is 1. The summed E-state index contributed by atoms with van der Waals surface area (Å²) in [5.74, 6) is -1.34. The zero-order valence-corrected chi connectivity index (χ0v) is 14.1. The van der Waals surface area contributed by atoms with Crippen molar-refractivity contribution in [1.29, 1.82) is 0 Å². The maximum Gasteiger partial charge on any atom is 0.321 e. The molecular formula is C17H25N3O5. The molecule has 1 aliphatic heterocycles. The van der Waals surface area contributed by atoms with Crippen molar-refractivity contribution >= 4 is 17.6 Å². The summed E-state index contributed by atoms with van der Waals surface area (Å²) in [6.45, 7) is 4.68. The van der Waals surface area contributed by atoms with Crippen molar-refractivity contribution in [3.05, 3.63) is 24.3 Å². The highest BCUT2D eigenvalue weighted by Crippen LogP contribution is 2.14. The predicted molar refractivity (Wildman–Crippen MR) is 92.7 cm³/mol. The summed E-state index contributed by atoms with van der Waals surface area (Å²) >= 11 is 0. The van der Waals surface area contributed by atoms with Crippen LogP contribution in [0.2, 0.25) is 0 Å². The number of benzene rings is 1. The van der Waals surface area contributed by atoms with Crippen molar-refractivity contribution in [3.8, 4) is 5.75 Å². The summed E-state index contributed by atoms with van der Waals surface area (Å²) in [6, 6.07) is 5.08. The highest BCUT2D eigenvalue weighted by molar-refractivity contribution is 5.94. The third-order valence-corrected chi connectivity index (χ3v) is 3.98. The van der Waals surface area contributed by atoms with E-state index in [4.69, 9.17) is 4.74 Å². The van der Waals surface area contributed by atoms with Crippen molar-refractivity contribution < 1.29 is 24.5 Å². The van der Waals surface area contributed by atoms with E-state index in [1.165, 1.54) is 12.1 Å². The lowest BCUT2D eigenvalue weighted by Crippen LogP contribution is -2.42. The molecule has 1 aliphatic rings. The molecule has 4 N–H and O–H groups in total. The molecule has 1 heterocycles. The van der Waals surface area contributed by atoms with E-state index in [2.05, 4.69) is 15.5 Å². The van der Waals surface area contributed by atoms with E-state index in [0.717, 1.165) is 39.3 Å². The second-order valence-electron chi connectivity index (χ2n) is 5.95. The number of carboxylic acids is 1. The lowest BCUT2D eigenvalue weighted by atomic mass is 10.2. The molecule has 138 valence electrons. The average molecular weight is 351 g/mol. The number of hydrogen-bond acceptors (Lipinski definition) is 6. The van der Waals surface area contributed by atoms with Crippen LogP contribution in [0.1, 0.15) is 12.8 Å². The molecule has 0 unspecified atom stereocenters. The van der Waals surface area contributed by atoms with Crippen LogP contribution in [-0.2, 0) is 14.3 Å². The zero-order chi connectivity index (χ0) is 18.1. The minimum atomic E-state index is -1.05. The van der Waals surface area contributed by atoms with Crippen LogP contribution in [-0.4, -0.2) is 72.4 Å². The molecule has 1 aromatic rings. The van der Waals surface area contributed by atoms with Crippen LogP contribution in [0.4, 0.5) is 5.69 Å². The second kappa shape index (κ2) is 9.97. The number of carbonyl (C=O) groups is 2. The zero-order valence-electron chi connectivity index (χ0n) is 14.1. The van der Waals surface area contributed by atoms with Gasteiger partial charge in [-0.25, -0.2) is 0 Å². The van der Waals surface area contributed by atoms with Crippen LogP contribution in [0, 0.1) is 0 Å². The quantitative estimate of drug-likeness (QED) is 0.378. The summed E-state index contributed by atoms with van der Waals surface area (Å²) in [6.07, 6.45) is 0.650. The predicted octanol–water partition coefficient (Wildman–Crippen LogP) is 0.486. The molecule has 1 aromatic carbocycles. The number of rotatable bonds is 9. The molecule has 1 atom stereocenters. The summed E-state index contributed by atoms with van der Waals surface area (Å²) in [5, 5.41) is 24.0. The molecule has 8 nitrogen and oxygen atoms in total. The van der Waals surface area contributed by atoms with Gasteiger partial charge in [0.2, 0.25) is 5.91 Å². The van der Waals surface area contributed by atoms with Crippen molar-refractivity contribution in [3.63, 3.8) is 0 Å². The molecule has 0 saturated carbocycles. The van der Waals surface area contributed by atoms with Gasteiger partial charge in [0.1, 0.15) is 11.8 Å². The lowest BCUT2D eigenvalue weighted by molar-refractivity contribution is -0.141. The largest absolute Gasteiger partial charge is 0.508 e. The normalized spacial score (nSPS) is 16.3. The Kier molecular flexibility index (Phi) is 7.65. The van der Waals surface area contributed by atoms with Gasteiger partial charge in [0.25, 0.3) is 0 Å². The van der Waals surface area contributed by atoms with Crippen molar-refractivity contribution in [2.75, 3.05) is 44.7 Å². The maximum atomic E-state index is 12.0. The van der Waals surface area contributed by atoms with Gasteiger partial charge in [0, 0.05) is 18.8 Å². The van der Waals surface area contributed by atoms with Gasteiger partial charge in [-0.05, 0) is 43.8 Å². The van der Waals surface area contributed by atoms with Crippen LogP contribution >= 0.6 is 0 Å². The van der Waals surface area contributed by atoms with E-state index in [1.54, 1.807) is 12.1 Å². The second-order valence-corrected chi connectivity index (χ2v) is 5.95. The number of nitrogens with zero attached hydrogens (tertiary/aromatic N) is 1. The van der Waals surface area contributed by atoms with Gasteiger partial charge in [0.05, 0.1) is 19.6 Å². The highest BCUT2D eigenvalue weighted by atomic mass is 16.5.